The van der Waals surface area contributed by atoms with Crippen LogP contribution in [0.25, 0.3) is 28.3 Å². The van der Waals surface area contributed by atoms with Gasteiger partial charge in [0.1, 0.15) is 0 Å². The number of fused-ring (bicyclic) bond motifs is 4. The van der Waals surface area contributed by atoms with Crippen LogP contribution in [0.3, 0.4) is 0 Å². The normalized spacial score (nSPS) is 12.6. The first kappa shape index (κ1) is 28.4. The van der Waals surface area contributed by atoms with E-state index in [4.69, 9.17) is 0 Å². The molecule has 224 valence electrons. The zero-order valence-electron chi connectivity index (χ0n) is 27.0. The Balaban J connectivity index is 1.38. The van der Waals surface area contributed by atoms with E-state index in [1.807, 2.05) is 6.08 Å². The second kappa shape index (κ2) is 11.5. The summed E-state index contributed by atoms with van der Waals surface area (Å²) in [6.07, 6.45) is 1.91. The average molecular weight is 609 g/mol. The second-order valence-corrected chi connectivity index (χ2v) is 13.1. The first-order valence-electron chi connectivity index (χ1n) is 16.8. The quantitative estimate of drug-likeness (QED) is 0.188. The number of nitrogens with zero attached hydrogens (tertiary/aromatic N) is 1. The number of benzene rings is 7. The summed E-state index contributed by atoms with van der Waals surface area (Å²) in [5.41, 5.74) is 19.0. The molecule has 7 aromatic rings. The second-order valence-electron chi connectivity index (χ2n) is 13.1. The van der Waals surface area contributed by atoms with Crippen LogP contribution in [0.1, 0.15) is 11.1 Å². The van der Waals surface area contributed by atoms with Gasteiger partial charge >= 0.3 is 0 Å². The lowest BCUT2D eigenvalue weighted by Crippen LogP contribution is -2.65. The fraction of sp³-hybridized carbons (Fsp3) is 0.0222. The van der Waals surface area contributed by atoms with Gasteiger partial charge in [0.25, 0.3) is 0 Å². The van der Waals surface area contributed by atoms with Crippen LogP contribution in [0, 0.1) is 6.92 Å². The molecule has 0 spiro atoms. The van der Waals surface area contributed by atoms with Gasteiger partial charge in [0.15, 0.2) is 0 Å². The van der Waals surface area contributed by atoms with E-state index in [2.05, 4.69) is 182 Å². The first-order valence-corrected chi connectivity index (χ1v) is 16.8. The van der Waals surface area contributed by atoms with Crippen LogP contribution < -0.4 is 37.7 Å². The summed E-state index contributed by atoms with van der Waals surface area (Å²) in [5.74, 6) is 0. The Labute approximate surface area is 284 Å². The highest BCUT2D eigenvalue weighted by molar-refractivity contribution is 7.02. The number of rotatable bonds is 5. The van der Waals surface area contributed by atoms with Gasteiger partial charge in [0, 0.05) is 17.1 Å². The van der Waals surface area contributed by atoms with E-state index in [1.165, 1.54) is 77.7 Å². The lowest BCUT2D eigenvalue weighted by Gasteiger charge is -2.44. The number of para-hydroxylation sites is 1. The number of aryl methyl sites for hydroxylation is 1. The molecule has 0 fully saturated rings. The van der Waals surface area contributed by atoms with Crippen molar-refractivity contribution in [2.75, 3.05) is 4.90 Å². The summed E-state index contributed by atoms with van der Waals surface area (Å²) in [6, 6.07) is 60.8. The van der Waals surface area contributed by atoms with E-state index in [0.717, 1.165) is 5.56 Å². The van der Waals surface area contributed by atoms with Crippen LogP contribution in [0.4, 0.5) is 17.1 Å². The minimum Gasteiger partial charge on any atom is -0.313 e. The molecule has 0 aliphatic carbocycles. The van der Waals surface area contributed by atoms with Gasteiger partial charge in [-0.05, 0) is 68.7 Å². The van der Waals surface area contributed by atoms with Gasteiger partial charge in [-0.3, -0.25) is 0 Å². The Hall–Kier alpha value is -5.79. The fourth-order valence-electron chi connectivity index (χ4n) is 7.91. The molecule has 2 heterocycles. The maximum Gasteiger partial charge on any atom is 0.246 e. The van der Waals surface area contributed by atoms with Gasteiger partial charge in [-0.2, -0.15) is 0 Å². The van der Waals surface area contributed by atoms with Gasteiger partial charge in [-0.25, -0.2) is 0 Å². The van der Waals surface area contributed by atoms with Crippen molar-refractivity contribution in [1.82, 2.24) is 0 Å². The molecule has 9 rings (SSSR count). The lowest BCUT2D eigenvalue weighted by atomic mass is 9.30. The third-order valence-corrected chi connectivity index (χ3v) is 10.2. The van der Waals surface area contributed by atoms with Gasteiger partial charge in [0.05, 0.1) is 0 Å². The largest absolute Gasteiger partial charge is 0.313 e. The summed E-state index contributed by atoms with van der Waals surface area (Å²) in [5, 5.41) is 0. The molecule has 0 saturated carbocycles. The highest BCUT2D eigenvalue weighted by Gasteiger charge is 2.43. The van der Waals surface area contributed by atoms with Gasteiger partial charge in [0.2, 0.25) is 13.4 Å². The predicted octanol–water partition coefficient (Wildman–Crippen LogP) is 7.10. The van der Waals surface area contributed by atoms with Crippen molar-refractivity contribution in [3.63, 3.8) is 0 Å². The smallest absolute Gasteiger partial charge is 0.246 e. The molecule has 0 aromatic heterocycles. The van der Waals surface area contributed by atoms with E-state index < -0.39 is 0 Å². The van der Waals surface area contributed by atoms with E-state index in [1.54, 1.807) is 0 Å². The standard InChI is InChI=1S/C45H33B2N/c1-3-32-20-24-34(25-21-32)36-28-41-45-42(29-36)47(38-14-8-5-9-15-38)40-27-26-35(33-22-18-31(2)19-23-33)30-44(40)48(45)43-17-11-10-16-39(43)46(41)37-12-6-4-7-13-37/h3-30H,1H2,2H3. The minimum atomic E-state index is 0.0763. The fourth-order valence-corrected chi connectivity index (χ4v) is 7.91. The molecule has 0 amide bonds. The maximum absolute atomic E-state index is 3.99. The van der Waals surface area contributed by atoms with Crippen molar-refractivity contribution >= 4 is 69.3 Å². The molecule has 0 N–H and O–H groups in total. The van der Waals surface area contributed by atoms with Crippen LogP contribution in [0.5, 0.6) is 0 Å². The molecule has 1 nitrogen and oxygen atoms in total. The van der Waals surface area contributed by atoms with E-state index in [-0.39, 0.29) is 13.4 Å². The molecule has 2 aliphatic rings. The summed E-state index contributed by atoms with van der Waals surface area (Å²) >= 11 is 0. The number of hydrogen-bond donors (Lipinski definition) is 0. The minimum absolute atomic E-state index is 0.0763. The Morgan fingerprint density at radius 1 is 0.458 bits per heavy atom. The van der Waals surface area contributed by atoms with Crippen LogP contribution >= 0.6 is 0 Å². The molecule has 2 aliphatic heterocycles. The molecule has 0 saturated heterocycles. The Morgan fingerprint density at radius 2 is 0.979 bits per heavy atom. The van der Waals surface area contributed by atoms with E-state index >= 15 is 0 Å². The van der Waals surface area contributed by atoms with E-state index in [0.29, 0.717) is 0 Å². The zero-order valence-corrected chi connectivity index (χ0v) is 27.0. The Morgan fingerprint density at radius 3 is 1.60 bits per heavy atom. The molecular formula is C45H33B2N. The Bertz CT molecular complexity index is 2290. The Kier molecular flexibility index (Phi) is 6.80. The molecule has 7 aromatic carbocycles. The summed E-state index contributed by atoms with van der Waals surface area (Å²) in [6.45, 7) is 6.31. The van der Waals surface area contributed by atoms with Crippen molar-refractivity contribution < 1.29 is 0 Å². The molecule has 0 radical (unpaired) electrons. The summed E-state index contributed by atoms with van der Waals surface area (Å²) < 4.78 is 0. The predicted molar refractivity (Wildman–Crippen MR) is 209 cm³/mol. The van der Waals surface area contributed by atoms with Gasteiger partial charge < -0.3 is 4.90 Å². The highest BCUT2D eigenvalue weighted by atomic mass is 15.2. The molecule has 0 bridgehead atoms. The zero-order chi connectivity index (χ0) is 32.2. The monoisotopic (exact) mass is 609 g/mol. The van der Waals surface area contributed by atoms with Crippen LogP contribution in [0.15, 0.2) is 170 Å². The lowest BCUT2D eigenvalue weighted by molar-refractivity contribution is 1.30. The van der Waals surface area contributed by atoms with Crippen molar-refractivity contribution in [2.45, 2.75) is 6.92 Å². The molecule has 0 atom stereocenters. The molecular weight excluding hydrogens is 576 g/mol. The van der Waals surface area contributed by atoms with Crippen LogP contribution in [0.2, 0.25) is 0 Å². The van der Waals surface area contributed by atoms with Gasteiger partial charge in [-0.15, -0.1) is 0 Å². The molecule has 3 heteroatoms. The molecule has 48 heavy (non-hydrogen) atoms. The van der Waals surface area contributed by atoms with Crippen LogP contribution in [-0.4, -0.2) is 13.4 Å². The molecule has 0 unspecified atom stereocenters. The SMILES string of the molecule is C=Cc1ccc(-c2cc3c4c(c2)B(c2ccccc2)c2ccc(-c5ccc(C)cc5)cc2N4c2ccccc2B3c2ccccc2)cc1. The van der Waals surface area contributed by atoms with E-state index in [9.17, 15) is 0 Å². The average Bonchev–Trinajstić information content (AvgIpc) is 3.15. The topological polar surface area (TPSA) is 3.24 Å². The summed E-state index contributed by atoms with van der Waals surface area (Å²) in [7, 11) is 0. The van der Waals surface area contributed by atoms with Gasteiger partial charge in [-0.1, -0.05) is 181 Å². The number of anilines is 3. The van der Waals surface area contributed by atoms with Crippen molar-refractivity contribution in [1.29, 1.82) is 0 Å². The maximum atomic E-state index is 3.99. The summed E-state index contributed by atoms with van der Waals surface area (Å²) in [4.78, 5) is 2.57. The van der Waals surface area contributed by atoms with Crippen LogP contribution in [-0.2, 0) is 0 Å². The first-order chi connectivity index (χ1) is 23.7. The highest BCUT2D eigenvalue weighted by Crippen LogP contribution is 2.40. The third kappa shape index (κ3) is 4.58. The van der Waals surface area contributed by atoms with Crippen molar-refractivity contribution in [3.05, 3.63) is 181 Å². The van der Waals surface area contributed by atoms with Crippen molar-refractivity contribution in [3.8, 4) is 22.3 Å². The van der Waals surface area contributed by atoms with Crippen molar-refractivity contribution in [2.24, 2.45) is 0 Å². The number of hydrogen-bond acceptors (Lipinski definition) is 1. The third-order valence-electron chi connectivity index (χ3n) is 10.2.